The van der Waals surface area contributed by atoms with Gasteiger partial charge in [0, 0.05) is 42.1 Å². The van der Waals surface area contributed by atoms with Crippen molar-refractivity contribution in [1.29, 1.82) is 0 Å². The first-order valence-corrected chi connectivity index (χ1v) is 9.95. The van der Waals surface area contributed by atoms with Crippen LogP contribution >= 0.6 is 23.1 Å². The molecule has 7 heteroatoms. The van der Waals surface area contributed by atoms with Crippen molar-refractivity contribution in [2.45, 2.75) is 38.1 Å². The summed E-state index contributed by atoms with van der Waals surface area (Å²) in [5.41, 5.74) is 1.15. The van der Waals surface area contributed by atoms with E-state index in [0.717, 1.165) is 60.3 Å². The van der Waals surface area contributed by atoms with E-state index in [1.165, 1.54) is 11.5 Å². The van der Waals surface area contributed by atoms with Gasteiger partial charge in [0.25, 0.3) is 0 Å². The molecule has 1 aliphatic carbocycles. The third kappa shape index (κ3) is 4.30. The summed E-state index contributed by atoms with van der Waals surface area (Å²) in [4.78, 5) is 19.2. The van der Waals surface area contributed by atoms with Crippen LogP contribution in [0.15, 0.2) is 24.3 Å². The molecular weight excluding hydrogens is 356 g/mol. The molecule has 1 atom stereocenters. The summed E-state index contributed by atoms with van der Waals surface area (Å²) in [6.07, 6.45) is 4.95. The number of benzene rings is 1. The molecule has 5 nitrogen and oxygen atoms in total. The van der Waals surface area contributed by atoms with Gasteiger partial charge in [-0.2, -0.15) is 4.37 Å². The van der Waals surface area contributed by atoms with E-state index in [1.807, 2.05) is 24.3 Å². The normalized spacial score (nSPS) is 20.5. The average Bonchev–Trinajstić information content (AvgIpc) is 3.32. The maximum absolute atomic E-state index is 12.3. The molecule has 2 fully saturated rings. The van der Waals surface area contributed by atoms with Crippen molar-refractivity contribution in [2.24, 2.45) is 5.92 Å². The Kier molecular flexibility index (Phi) is 4.90. The van der Waals surface area contributed by atoms with Crippen LogP contribution in [-0.2, 0) is 11.2 Å². The minimum absolute atomic E-state index is 0.0676. The number of halogens is 1. The van der Waals surface area contributed by atoms with E-state index in [1.54, 1.807) is 0 Å². The zero-order valence-electron chi connectivity index (χ0n) is 13.9. The van der Waals surface area contributed by atoms with E-state index in [2.05, 4.69) is 19.6 Å². The van der Waals surface area contributed by atoms with Crippen molar-refractivity contribution in [1.82, 2.24) is 14.7 Å². The maximum atomic E-state index is 12.3. The third-order valence-corrected chi connectivity index (χ3v) is 5.79. The summed E-state index contributed by atoms with van der Waals surface area (Å²) in [6.45, 7) is 1.69. The standard InChI is InChI=1S/C18H21ClN4OS/c19-14-5-3-12(4-6-14)10-16-21-18(25-22-16)23-9-1-2-13(11-23)17(24)20-15-7-8-15/h3-6,13,15H,1-2,7-11H2,(H,20,24). The quantitative estimate of drug-likeness (QED) is 0.870. The lowest BCUT2D eigenvalue weighted by atomic mass is 9.97. The highest BCUT2D eigenvalue weighted by Gasteiger charge is 2.31. The van der Waals surface area contributed by atoms with Crippen molar-refractivity contribution in [3.63, 3.8) is 0 Å². The lowest BCUT2D eigenvalue weighted by Crippen LogP contribution is -2.43. The molecule has 2 aliphatic rings. The second kappa shape index (κ2) is 7.30. The molecule has 2 aromatic rings. The fourth-order valence-electron chi connectivity index (χ4n) is 3.14. The molecule has 4 rings (SSSR count). The van der Waals surface area contributed by atoms with Gasteiger partial charge in [-0.15, -0.1) is 0 Å². The fraction of sp³-hybridized carbons (Fsp3) is 0.500. The van der Waals surface area contributed by atoms with Crippen molar-refractivity contribution in [3.8, 4) is 0 Å². The van der Waals surface area contributed by atoms with Gasteiger partial charge in [-0.05, 0) is 43.4 Å². The summed E-state index contributed by atoms with van der Waals surface area (Å²) >= 11 is 7.35. The van der Waals surface area contributed by atoms with E-state index in [0.29, 0.717) is 12.5 Å². The Bertz CT molecular complexity index is 744. The van der Waals surface area contributed by atoms with Gasteiger partial charge in [-0.25, -0.2) is 4.98 Å². The number of carbonyl (C=O) groups is 1. The van der Waals surface area contributed by atoms with Crippen molar-refractivity contribution in [2.75, 3.05) is 18.0 Å². The third-order valence-electron chi connectivity index (χ3n) is 4.72. The topological polar surface area (TPSA) is 58.1 Å². The summed E-state index contributed by atoms with van der Waals surface area (Å²) in [5, 5.41) is 4.79. The van der Waals surface area contributed by atoms with Gasteiger partial charge in [-0.1, -0.05) is 23.7 Å². The summed E-state index contributed by atoms with van der Waals surface area (Å²) in [7, 11) is 0. The average molecular weight is 377 g/mol. The van der Waals surface area contributed by atoms with Crippen LogP contribution in [0, 0.1) is 5.92 Å². The highest BCUT2D eigenvalue weighted by molar-refractivity contribution is 7.09. The predicted molar refractivity (Wildman–Crippen MR) is 100 cm³/mol. The molecule has 1 amide bonds. The molecule has 2 heterocycles. The maximum Gasteiger partial charge on any atom is 0.225 e. The Balaban J connectivity index is 1.38. The summed E-state index contributed by atoms with van der Waals surface area (Å²) in [5.74, 6) is 1.10. The van der Waals surface area contributed by atoms with Gasteiger partial charge in [0.1, 0.15) is 5.82 Å². The zero-order chi connectivity index (χ0) is 17.2. The van der Waals surface area contributed by atoms with E-state index in [9.17, 15) is 4.79 Å². The van der Waals surface area contributed by atoms with Crippen LogP contribution in [0.3, 0.4) is 0 Å². The lowest BCUT2D eigenvalue weighted by Gasteiger charge is -2.31. The number of nitrogens with zero attached hydrogens (tertiary/aromatic N) is 3. The number of nitrogens with one attached hydrogen (secondary N) is 1. The minimum atomic E-state index is 0.0676. The number of anilines is 1. The molecule has 1 aromatic heterocycles. The van der Waals surface area contributed by atoms with Gasteiger partial charge in [-0.3, -0.25) is 4.79 Å². The number of rotatable bonds is 5. The van der Waals surface area contributed by atoms with Crippen LogP contribution in [0.2, 0.25) is 5.02 Å². The largest absolute Gasteiger partial charge is 0.353 e. The molecule has 0 bridgehead atoms. The van der Waals surface area contributed by atoms with Crippen LogP contribution in [0.5, 0.6) is 0 Å². The number of piperidine rings is 1. The molecule has 1 aromatic carbocycles. The second-order valence-electron chi connectivity index (χ2n) is 6.86. The molecule has 1 N–H and O–H groups in total. The molecule has 1 aliphatic heterocycles. The number of aromatic nitrogens is 2. The Labute approximate surface area is 156 Å². The van der Waals surface area contributed by atoms with Crippen LogP contribution < -0.4 is 10.2 Å². The number of hydrogen-bond donors (Lipinski definition) is 1. The van der Waals surface area contributed by atoms with E-state index >= 15 is 0 Å². The first kappa shape index (κ1) is 16.8. The van der Waals surface area contributed by atoms with Crippen LogP contribution in [0.1, 0.15) is 37.1 Å². The molecule has 0 radical (unpaired) electrons. The predicted octanol–water partition coefficient (Wildman–Crippen LogP) is 3.28. The van der Waals surface area contributed by atoms with Gasteiger partial charge in [0.15, 0.2) is 0 Å². The van der Waals surface area contributed by atoms with Gasteiger partial charge >= 0.3 is 0 Å². The Morgan fingerprint density at radius 2 is 2.08 bits per heavy atom. The van der Waals surface area contributed by atoms with E-state index < -0.39 is 0 Å². The first-order valence-electron chi connectivity index (χ1n) is 8.80. The number of amides is 1. The van der Waals surface area contributed by atoms with E-state index in [-0.39, 0.29) is 11.8 Å². The van der Waals surface area contributed by atoms with Crippen molar-refractivity contribution in [3.05, 3.63) is 40.7 Å². The molecule has 1 saturated heterocycles. The molecule has 25 heavy (non-hydrogen) atoms. The number of hydrogen-bond acceptors (Lipinski definition) is 5. The zero-order valence-corrected chi connectivity index (χ0v) is 15.5. The van der Waals surface area contributed by atoms with E-state index in [4.69, 9.17) is 11.6 Å². The summed E-state index contributed by atoms with van der Waals surface area (Å²) < 4.78 is 4.49. The smallest absolute Gasteiger partial charge is 0.225 e. The monoisotopic (exact) mass is 376 g/mol. The van der Waals surface area contributed by atoms with Crippen LogP contribution in [0.25, 0.3) is 0 Å². The Hall–Kier alpha value is -1.66. The second-order valence-corrected chi connectivity index (χ2v) is 8.03. The first-order chi connectivity index (χ1) is 12.2. The molecule has 1 unspecified atom stereocenters. The highest BCUT2D eigenvalue weighted by Crippen LogP contribution is 2.27. The SMILES string of the molecule is O=C(NC1CC1)C1CCCN(c2nc(Cc3ccc(Cl)cc3)ns2)C1. The number of carbonyl (C=O) groups excluding carboxylic acids is 1. The molecular formula is C18H21ClN4OS. The fourth-order valence-corrected chi connectivity index (χ4v) is 3.99. The van der Waals surface area contributed by atoms with Crippen LogP contribution in [-0.4, -0.2) is 34.4 Å². The minimum Gasteiger partial charge on any atom is -0.353 e. The van der Waals surface area contributed by atoms with Gasteiger partial charge in [0.05, 0.1) is 5.92 Å². The highest BCUT2D eigenvalue weighted by atomic mass is 35.5. The Morgan fingerprint density at radius 1 is 1.28 bits per heavy atom. The van der Waals surface area contributed by atoms with Gasteiger partial charge in [0.2, 0.25) is 11.0 Å². The van der Waals surface area contributed by atoms with Crippen molar-refractivity contribution >= 4 is 34.2 Å². The van der Waals surface area contributed by atoms with Crippen LogP contribution in [0.4, 0.5) is 5.13 Å². The molecule has 0 spiro atoms. The lowest BCUT2D eigenvalue weighted by molar-refractivity contribution is -0.125. The molecule has 1 saturated carbocycles. The summed E-state index contributed by atoms with van der Waals surface area (Å²) in [6, 6.07) is 8.20. The Morgan fingerprint density at radius 3 is 2.84 bits per heavy atom. The van der Waals surface area contributed by atoms with Gasteiger partial charge < -0.3 is 10.2 Å². The van der Waals surface area contributed by atoms with Crippen molar-refractivity contribution < 1.29 is 4.79 Å². The molecule has 132 valence electrons.